The second-order valence-electron chi connectivity index (χ2n) is 12.8. The van der Waals surface area contributed by atoms with Crippen LogP contribution in [0.5, 0.6) is 0 Å². The summed E-state index contributed by atoms with van der Waals surface area (Å²) in [5.74, 6) is 1.31. The van der Waals surface area contributed by atoms with Gasteiger partial charge >= 0.3 is 5.97 Å². The molecule has 1 N–H and O–H groups in total. The molecule has 0 saturated heterocycles. The van der Waals surface area contributed by atoms with Crippen molar-refractivity contribution in [3.63, 3.8) is 0 Å². The SMILES string of the molecule is CC(=O)C1CC=C2C(CCC3(C)C(C(C)CC(=O)CC(C)C)CCC23C)C1(C)CCC(=O)O. The molecule has 186 valence electrons. The van der Waals surface area contributed by atoms with Crippen LogP contribution in [0.4, 0.5) is 0 Å². The second-order valence-corrected chi connectivity index (χ2v) is 12.8. The molecule has 0 aromatic heterocycles. The number of rotatable bonds is 9. The van der Waals surface area contributed by atoms with E-state index >= 15 is 0 Å². The monoisotopic (exact) mass is 458 g/mol. The minimum Gasteiger partial charge on any atom is -0.481 e. The van der Waals surface area contributed by atoms with Gasteiger partial charge in [-0.25, -0.2) is 0 Å². The minimum atomic E-state index is -0.776. The third-order valence-corrected chi connectivity index (χ3v) is 10.4. The predicted molar refractivity (Wildman–Crippen MR) is 132 cm³/mol. The highest BCUT2D eigenvalue weighted by Crippen LogP contribution is 2.71. The van der Waals surface area contributed by atoms with E-state index in [1.807, 2.05) is 0 Å². The molecule has 2 fully saturated rings. The van der Waals surface area contributed by atoms with Crippen molar-refractivity contribution in [3.05, 3.63) is 11.6 Å². The van der Waals surface area contributed by atoms with Crippen LogP contribution in [0.25, 0.3) is 0 Å². The molecule has 3 aliphatic rings. The molecule has 3 aliphatic carbocycles. The topological polar surface area (TPSA) is 71.4 Å². The number of aliphatic carboxylic acids is 1. The molecule has 3 rings (SSSR count). The average Bonchev–Trinajstić information content (AvgIpc) is 2.97. The van der Waals surface area contributed by atoms with E-state index in [0.29, 0.717) is 42.8 Å². The maximum atomic E-state index is 12.6. The van der Waals surface area contributed by atoms with Crippen LogP contribution in [0.2, 0.25) is 0 Å². The Kier molecular flexibility index (Phi) is 7.37. The van der Waals surface area contributed by atoms with Gasteiger partial charge in [0, 0.05) is 25.2 Å². The highest BCUT2D eigenvalue weighted by Gasteiger charge is 2.63. The Morgan fingerprint density at radius 3 is 2.30 bits per heavy atom. The van der Waals surface area contributed by atoms with Gasteiger partial charge in [0.05, 0.1) is 0 Å². The first-order valence-electron chi connectivity index (χ1n) is 13.2. The fraction of sp³-hybridized carbons (Fsp3) is 0.828. The number of hydrogen-bond donors (Lipinski definition) is 1. The zero-order valence-electron chi connectivity index (χ0n) is 22.0. The summed E-state index contributed by atoms with van der Waals surface area (Å²) in [5.41, 5.74) is 1.39. The van der Waals surface area contributed by atoms with Gasteiger partial charge in [-0.05, 0) is 85.4 Å². The largest absolute Gasteiger partial charge is 0.481 e. The summed E-state index contributed by atoms with van der Waals surface area (Å²) in [6.45, 7) is 15.3. The van der Waals surface area contributed by atoms with E-state index in [2.05, 4.69) is 47.6 Å². The van der Waals surface area contributed by atoms with Crippen LogP contribution in [-0.2, 0) is 14.4 Å². The third kappa shape index (κ3) is 4.48. The van der Waals surface area contributed by atoms with Gasteiger partial charge in [0.25, 0.3) is 0 Å². The van der Waals surface area contributed by atoms with Crippen molar-refractivity contribution in [1.82, 2.24) is 0 Å². The van der Waals surface area contributed by atoms with Gasteiger partial charge in [0.2, 0.25) is 0 Å². The first-order chi connectivity index (χ1) is 15.3. The van der Waals surface area contributed by atoms with Gasteiger partial charge in [-0.2, -0.15) is 0 Å². The molecule has 0 radical (unpaired) electrons. The molecule has 0 amide bonds. The Bertz CT molecular complexity index is 825. The molecule has 0 aromatic carbocycles. The molecule has 0 aromatic rings. The Morgan fingerprint density at radius 1 is 1.06 bits per heavy atom. The fourth-order valence-corrected chi connectivity index (χ4v) is 8.49. The van der Waals surface area contributed by atoms with Crippen molar-refractivity contribution in [2.24, 2.45) is 45.8 Å². The van der Waals surface area contributed by atoms with Crippen LogP contribution in [0.15, 0.2) is 11.6 Å². The maximum absolute atomic E-state index is 12.6. The Labute approximate surface area is 201 Å². The van der Waals surface area contributed by atoms with Crippen LogP contribution < -0.4 is 0 Å². The number of Topliss-reactive ketones (excluding diaryl/α,β-unsaturated/α-hetero) is 2. The first-order valence-corrected chi connectivity index (χ1v) is 13.2. The Morgan fingerprint density at radius 2 is 1.73 bits per heavy atom. The van der Waals surface area contributed by atoms with Gasteiger partial charge in [0.15, 0.2) is 0 Å². The second kappa shape index (κ2) is 9.30. The zero-order valence-corrected chi connectivity index (χ0v) is 22.0. The summed E-state index contributed by atoms with van der Waals surface area (Å²) in [7, 11) is 0. The molecule has 0 bridgehead atoms. The van der Waals surface area contributed by atoms with Crippen LogP contribution >= 0.6 is 0 Å². The van der Waals surface area contributed by atoms with E-state index in [1.165, 1.54) is 5.57 Å². The third-order valence-electron chi connectivity index (χ3n) is 10.4. The van der Waals surface area contributed by atoms with Crippen LogP contribution in [0.1, 0.15) is 106 Å². The number of carboxylic acid groups (broad SMARTS) is 1. The molecule has 0 spiro atoms. The van der Waals surface area contributed by atoms with Crippen LogP contribution in [0.3, 0.4) is 0 Å². The molecule has 33 heavy (non-hydrogen) atoms. The quantitative estimate of drug-likeness (QED) is 0.383. The summed E-state index contributed by atoms with van der Waals surface area (Å²) in [6, 6.07) is 0. The van der Waals surface area contributed by atoms with Crippen molar-refractivity contribution < 1.29 is 19.5 Å². The minimum absolute atomic E-state index is 0.0577. The molecule has 4 heteroatoms. The van der Waals surface area contributed by atoms with Crippen LogP contribution in [0, 0.1) is 45.8 Å². The number of carboxylic acids is 1. The van der Waals surface area contributed by atoms with Gasteiger partial charge in [-0.1, -0.05) is 53.2 Å². The number of allylic oxidation sites excluding steroid dienone is 2. The molecule has 7 unspecified atom stereocenters. The van der Waals surface area contributed by atoms with Crippen molar-refractivity contribution in [3.8, 4) is 0 Å². The summed E-state index contributed by atoms with van der Waals surface area (Å²) in [4.78, 5) is 36.7. The van der Waals surface area contributed by atoms with E-state index in [9.17, 15) is 19.5 Å². The Balaban J connectivity index is 1.90. The highest BCUT2D eigenvalue weighted by atomic mass is 16.4. The lowest BCUT2D eigenvalue weighted by Crippen LogP contribution is -2.53. The van der Waals surface area contributed by atoms with E-state index in [4.69, 9.17) is 0 Å². The fourth-order valence-electron chi connectivity index (χ4n) is 8.49. The van der Waals surface area contributed by atoms with E-state index < -0.39 is 5.97 Å². The van der Waals surface area contributed by atoms with Crippen molar-refractivity contribution in [2.45, 2.75) is 106 Å². The number of carbonyl (C=O) groups excluding carboxylic acids is 2. The molecule has 2 saturated carbocycles. The van der Waals surface area contributed by atoms with E-state index in [-0.39, 0.29) is 40.3 Å². The number of ketones is 2. The van der Waals surface area contributed by atoms with Gasteiger partial charge in [-0.3, -0.25) is 14.4 Å². The first kappa shape index (κ1) is 26.2. The van der Waals surface area contributed by atoms with Gasteiger partial charge in [-0.15, -0.1) is 0 Å². The molecular weight excluding hydrogens is 412 g/mol. The summed E-state index contributed by atoms with van der Waals surface area (Å²) in [6.07, 6.45) is 9.51. The highest BCUT2D eigenvalue weighted by molar-refractivity contribution is 5.80. The molecular formula is C29H46O4. The van der Waals surface area contributed by atoms with Crippen molar-refractivity contribution >= 4 is 17.5 Å². The maximum Gasteiger partial charge on any atom is 0.303 e. The number of carbonyl (C=O) groups is 3. The molecule has 4 nitrogen and oxygen atoms in total. The summed E-state index contributed by atoms with van der Waals surface area (Å²) >= 11 is 0. The lowest BCUT2D eigenvalue weighted by molar-refractivity contribution is -0.140. The molecule has 0 aliphatic heterocycles. The Hall–Kier alpha value is -1.45. The smallest absolute Gasteiger partial charge is 0.303 e. The van der Waals surface area contributed by atoms with E-state index in [0.717, 1.165) is 32.1 Å². The molecule has 0 heterocycles. The standard InChI is InChI=1S/C29H46O4/c1-18(2)16-21(31)17-19(3)22-10-14-29(7)25-9-8-23(20(4)30)27(5,13-12-26(32)33)24(25)11-15-28(22,29)6/h9,18-19,22-24H,8,10-17H2,1-7H3,(H,32,33). The van der Waals surface area contributed by atoms with Crippen molar-refractivity contribution in [1.29, 1.82) is 0 Å². The van der Waals surface area contributed by atoms with E-state index in [1.54, 1.807) is 6.92 Å². The van der Waals surface area contributed by atoms with Crippen molar-refractivity contribution in [2.75, 3.05) is 0 Å². The summed E-state index contributed by atoms with van der Waals surface area (Å²) in [5, 5.41) is 9.42. The normalized spacial score (nSPS) is 38.9. The van der Waals surface area contributed by atoms with Gasteiger partial charge < -0.3 is 5.11 Å². The summed E-state index contributed by atoms with van der Waals surface area (Å²) < 4.78 is 0. The number of fused-ring (bicyclic) bond motifs is 3. The lowest BCUT2D eigenvalue weighted by atomic mass is 9.44. The van der Waals surface area contributed by atoms with Crippen LogP contribution in [-0.4, -0.2) is 22.6 Å². The predicted octanol–water partition coefficient (Wildman–Crippen LogP) is 6.87. The number of hydrogen-bond acceptors (Lipinski definition) is 3. The average molecular weight is 459 g/mol. The lowest BCUT2D eigenvalue weighted by Gasteiger charge is -2.60. The van der Waals surface area contributed by atoms with Gasteiger partial charge in [0.1, 0.15) is 11.6 Å². The zero-order chi connectivity index (χ0) is 24.8. The molecule has 7 atom stereocenters.